The van der Waals surface area contributed by atoms with Gasteiger partial charge in [0.2, 0.25) is 0 Å². The molecule has 1 saturated heterocycles. The molecule has 0 spiro atoms. The van der Waals surface area contributed by atoms with Crippen LogP contribution in [0.15, 0.2) is 0 Å². The summed E-state index contributed by atoms with van der Waals surface area (Å²) in [4.78, 5) is 14.6. The highest BCUT2D eigenvalue weighted by molar-refractivity contribution is 7.85. The zero-order valence-corrected chi connectivity index (χ0v) is 16.1. The molecule has 1 aliphatic heterocycles. The van der Waals surface area contributed by atoms with Crippen molar-refractivity contribution in [2.24, 2.45) is 17.8 Å². The first kappa shape index (κ1) is 20.0. The highest BCUT2D eigenvalue weighted by atomic mass is 32.2. The van der Waals surface area contributed by atoms with Gasteiger partial charge in [0.15, 0.2) is 0 Å². The van der Waals surface area contributed by atoms with Gasteiger partial charge in [-0.25, -0.2) is 8.42 Å². The number of ether oxygens (including phenoxy) is 2. The Morgan fingerprint density at radius 2 is 1.81 bits per heavy atom. The molecule has 8 heteroatoms. The Bertz CT molecular complexity index is 574. The van der Waals surface area contributed by atoms with Crippen molar-refractivity contribution in [3.05, 3.63) is 0 Å². The first-order valence-electron chi connectivity index (χ1n) is 9.85. The Balaban J connectivity index is 1.56. The van der Waals surface area contributed by atoms with Crippen LogP contribution in [0.1, 0.15) is 44.9 Å². The van der Waals surface area contributed by atoms with Gasteiger partial charge in [-0.2, -0.15) is 0 Å². The maximum absolute atomic E-state index is 12.6. The van der Waals surface area contributed by atoms with Crippen molar-refractivity contribution in [2.75, 3.05) is 38.6 Å². The molecule has 3 aliphatic rings. The van der Waals surface area contributed by atoms with E-state index < -0.39 is 22.0 Å². The van der Waals surface area contributed by atoms with Gasteiger partial charge in [-0.1, -0.05) is 25.7 Å². The molecule has 3 rings (SSSR count). The Labute approximate surface area is 156 Å². The predicted octanol–water partition coefficient (Wildman–Crippen LogP) is 1.38. The van der Waals surface area contributed by atoms with Gasteiger partial charge in [-0.3, -0.25) is 9.69 Å². The van der Waals surface area contributed by atoms with Gasteiger partial charge in [-0.15, -0.1) is 0 Å². The maximum Gasteiger partial charge on any atom is 0.309 e. The molecule has 1 heterocycles. The summed E-state index contributed by atoms with van der Waals surface area (Å²) >= 11 is 0. The van der Waals surface area contributed by atoms with Crippen LogP contribution >= 0.6 is 0 Å². The maximum atomic E-state index is 12.6. The molecule has 0 N–H and O–H groups in total. The lowest BCUT2D eigenvalue weighted by Gasteiger charge is -2.39. The predicted molar refractivity (Wildman–Crippen MR) is 94.5 cm³/mol. The molecule has 2 saturated carbocycles. The fraction of sp³-hybridized carbons (Fsp3) is 0.944. The van der Waals surface area contributed by atoms with Gasteiger partial charge in [0.25, 0.3) is 0 Å². The Morgan fingerprint density at radius 1 is 1.12 bits per heavy atom. The number of nitrogens with zero attached hydrogens (tertiary/aromatic N) is 1. The molecular weight excluding hydrogens is 358 g/mol. The summed E-state index contributed by atoms with van der Waals surface area (Å²) in [5.41, 5.74) is 0. The van der Waals surface area contributed by atoms with E-state index in [4.69, 9.17) is 9.47 Å². The van der Waals surface area contributed by atoms with Crippen molar-refractivity contribution in [1.82, 2.24) is 4.90 Å². The Morgan fingerprint density at radius 3 is 2.50 bits per heavy atom. The number of morpholine rings is 1. The molecule has 150 valence electrons. The summed E-state index contributed by atoms with van der Waals surface area (Å²) < 4.78 is 44.5. The van der Waals surface area contributed by atoms with Gasteiger partial charge in [0.1, 0.15) is 6.10 Å². The minimum absolute atomic E-state index is 0.157. The van der Waals surface area contributed by atoms with E-state index in [-0.39, 0.29) is 18.4 Å². The number of carbonyl (C=O) groups excluding carboxylic acids is 1. The normalized spacial score (nSPS) is 31.8. The first-order chi connectivity index (χ1) is 12.4. The van der Waals surface area contributed by atoms with Crippen molar-refractivity contribution >= 4 is 16.1 Å². The van der Waals surface area contributed by atoms with E-state index in [1.165, 1.54) is 25.7 Å². The second-order valence-corrected chi connectivity index (χ2v) is 9.46. The molecule has 0 amide bonds. The van der Waals surface area contributed by atoms with Gasteiger partial charge in [0.05, 0.1) is 35.0 Å². The number of hydrogen-bond acceptors (Lipinski definition) is 7. The zero-order chi connectivity index (χ0) is 18.6. The van der Waals surface area contributed by atoms with Crippen LogP contribution in [-0.2, 0) is 24.4 Å². The number of rotatable bonds is 6. The fourth-order valence-corrected chi connectivity index (χ4v) is 5.40. The van der Waals surface area contributed by atoms with Gasteiger partial charge >= 0.3 is 5.97 Å². The first-order valence-corrected chi connectivity index (χ1v) is 11.4. The lowest BCUT2D eigenvalue weighted by Crippen LogP contribution is -2.45. The Kier molecular flexibility index (Phi) is 6.93. The van der Waals surface area contributed by atoms with Crippen LogP contribution in [0.3, 0.4) is 0 Å². The van der Waals surface area contributed by atoms with E-state index in [1.807, 2.05) is 4.90 Å². The minimum atomic E-state index is -4.45. The second-order valence-electron chi connectivity index (χ2n) is 8.01. The fourth-order valence-electron chi connectivity index (χ4n) is 4.77. The third-order valence-corrected chi connectivity index (χ3v) is 6.89. The summed E-state index contributed by atoms with van der Waals surface area (Å²) in [6.45, 7) is 2.71. The van der Waals surface area contributed by atoms with E-state index in [1.54, 1.807) is 0 Å². The smallest absolute Gasteiger partial charge is 0.309 e. The van der Waals surface area contributed by atoms with Crippen LogP contribution in [0.5, 0.6) is 0 Å². The van der Waals surface area contributed by atoms with E-state index in [0.717, 1.165) is 25.2 Å². The van der Waals surface area contributed by atoms with Gasteiger partial charge < -0.3 is 14.0 Å². The van der Waals surface area contributed by atoms with Crippen molar-refractivity contribution in [2.45, 2.75) is 51.0 Å². The summed E-state index contributed by atoms with van der Waals surface area (Å²) in [5, 5.41) is 0. The molecule has 3 fully saturated rings. The number of carbonyl (C=O) groups is 1. The average molecular weight is 389 g/mol. The standard InChI is InChI=1S/C18H31NO6S/c20-18(16-6-5-14-3-1-2-4-15(14)11-16)25-17(13-26(21,22)23)12-19-7-9-24-10-8-19/h14-17H,1-13H2,(H,21,22,23)/p-1. The largest absolute Gasteiger partial charge is 0.748 e. The van der Waals surface area contributed by atoms with Crippen molar-refractivity contribution in [3.8, 4) is 0 Å². The van der Waals surface area contributed by atoms with Crippen molar-refractivity contribution in [1.29, 1.82) is 0 Å². The molecule has 7 nitrogen and oxygen atoms in total. The van der Waals surface area contributed by atoms with E-state index in [0.29, 0.717) is 32.2 Å². The average Bonchev–Trinajstić information content (AvgIpc) is 2.60. The summed E-state index contributed by atoms with van der Waals surface area (Å²) in [5.74, 6) is 0.191. The van der Waals surface area contributed by atoms with E-state index in [9.17, 15) is 17.8 Å². The van der Waals surface area contributed by atoms with Crippen molar-refractivity contribution in [3.63, 3.8) is 0 Å². The molecule has 0 bridgehead atoms. The molecule has 0 radical (unpaired) electrons. The van der Waals surface area contributed by atoms with Crippen LogP contribution in [-0.4, -0.2) is 68.5 Å². The SMILES string of the molecule is O=C(OC(CN1CCOCC1)CS(=O)(=O)[O-])C1CCC2CCCCC2C1. The molecular formula is C18H30NO6S-. The summed E-state index contributed by atoms with van der Waals surface area (Å²) in [6.07, 6.45) is 6.79. The van der Waals surface area contributed by atoms with E-state index >= 15 is 0 Å². The topological polar surface area (TPSA) is 96.0 Å². The van der Waals surface area contributed by atoms with Crippen LogP contribution in [0.4, 0.5) is 0 Å². The molecule has 2 aliphatic carbocycles. The van der Waals surface area contributed by atoms with Crippen LogP contribution < -0.4 is 0 Å². The Hall–Kier alpha value is -0.700. The number of fused-ring (bicyclic) bond motifs is 1. The van der Waals surface area contributed by atoms with Gasteiger partial charge in [-0.05, 0) is 31.1 Å². The minimum Gasteiger partial charge on any atom is -0.748 e. The molecule has 26 heavy (non-hydrogen) atoms. The molecule has 0 aromatic heterocycles. The van der Waals surface area contributed by atoms with Gasteiger partial charge in [0, 0.05) is 19.6 Å². The highest BCUT2D eigenvalue weighted by Gasteiger charge is 2.36. The van der Waals surface area contributed by atoms with Crippen molar-refractivity contribution < 1.29 is 27.2 Å². The summed E-state index contributed by atoms with van der Waals surface area (Å²) in [6, 6.07) is 0. The third-order valence-electron chi connectivity index (χ3n) is 6.11. The number of esters is 1. The molecule has 0 aromatic rings. The van der Waals surface area contributed by atoms with Crippen LogP contribution in [0, 0.1) is 17.8 Å². The monoisotopic (exact) mass is 388 g/mol. The van der Waals surface area contributed by atoms with Crippen LogP contribution in [0.25, 0.3) is 0 Å². The summed E-state index contributed by atoms with van der Waals surface area (Å²) in [7, 11) is -4.45. The lowest BCUT2D eigenvalue weighted by atomic mass is 9.67. The van der Waals surface area contributed by atoms with Crippen LogP contribution in [0.2, 0.25) is 0 Å². The molecule has 4 unspecified atom stereocenters. The number of hydrogen-bond donors (Lipinski definition) is 0. The lowest BCUT2D eigenvalue weighted by molar-refractivity contribution is -0.156. The quantitative estimate of drug-likeness (QED) is 0.501. The highest BCUT2D eigenvalue weighted by Crippen LogP contribution is 2.43. The molecule has 0 aromatic carbocycles. The third kappa shape index (κ3) is 5.90. The molecule has 4 atom stereocenters. The zero-order valence-electron chi connectivity index (χ0n) is 15.3. The van der Waals surface area contributed by atoms with E-state index in [2.05, 4.69) is 0 Å². The second kappa shape index (κ2) is 8.99.